The maximum absolute atomic E-state index is 12.8. The summed E-state index contributed by atoms with van der Waals surface area (Å²) in [5, 5.41) is 8.66. The summed E-state index contributed by atoms with van der Waals surface area (Å²) < 4.78 is 1.81. The number of benzene rings is 2. The molecule has 5 heteroatoms. The Morgan fingerprint density at radius 1 is 1.08 bits per heavy atom. The molecule has 0 atom stereocenters. The highest BCUT2D eigenvalue weighted by atomic mass is 16.2. The Morgan fingerprint density at radius 2 is 1.80 bits per heavy atom. The van der Waals surface area contributed by atoms with Crippen LogP contribution in [0.4, 0.5) is 5.69 Å². The second-order valence-electron chi connectivity index (χ2n) is 6.31. The third-order valence-electron chi connectivity index (χ3n) is 4.64. The van der Waals surface area contributed by atoms with Crippen LogP contribution < -0.4 is 4.90 Å². The van der Waals surface area contributed by atoms with Crippen LogP contribution in [0.3, 0.4) is 0 Å². The molecule has 4 rings (SSSR count). The van der Waals surface area contributed by atoms with Gasteiger partial charge >= 0.3 is 0 Å². The SMILES string of the molecule is CCCC(=O)N1Cc2ccccc2-c2c(nnn2C)-c2ccccc21. The van der Waals surface area contributed by atoms with Crippen LogP contribution in [0.25, 0.3) is 22.5 Å². The Kier molecular flexibility index (Phi) is 3.84. The average molecular weight is 332 g/mol. The molecule has 5 nitrogen and oxygen atoms in total. The van der Waals surface area contributed by atoms with Crippen molar-refractivity contribution in [2.24, 2.45) is 7.05 Å². The molecule has 2 heterocycles. The van der Waals surface area contributed by atoms with Gasteiger partial charge in [-0.25, -0.2) is 4.68 Å². The number of carbonyl (C=O) groups is 1. The van der Waals surface area contributed by atoms with Crippen molar-refractivity contribution in [1.29, 1.82) is 0 Å². The minimum Gasteiger partial charge on any atom is -0.307 e. The summed E-state index contributed by atoms with van der Waals surface area (Å²) in [5.74, 6) is 0.136. The van der Waals surface area contributed by atoms with Crippen molar-refractivity contribution in [3.63, 3.8) is 0 Å². The first kappa shape index (κ1) is 15.6. The van der Waals surface area contributed by atoms with E-state index in [9.17, 15) is 4.79 Å². The molecule has 3 aromatic rings. The van der Waals surface area contributed by atoms with Gasteiger partial charge in [-0.1, -0.05) is 54.6 Å². The first-order valence-electron chi connectivity index (χ1n) is 8.58. The number of aryl methyl sites for hydroxylation is 1. The lowest BCUT2D eigenvalue weighted by molar-refractivity contribution is -0.118. The predicted octanol–water partition coefficient (Wildman–Crippen LogP) is 3.80. The van der Waals surface area contributed by atoms with Crippen LogP contribution in [-0.4, -0.2) is 20.9 Å². The molecule has 1 aliphatic rings. The van der Waals surface area contributed by atoms with E-state index >= 15 is 0 Å². The maximum Gasteiger partial charge on any atom is 0.227 e. The normalized spacial score (nSPS) is 12.6. The van der Waals surface area contributed by atoms with Crippen LogP contribution in [0.2, 0.25) is 0 Å². The van der Waals surface area contributed by atoms with E-state index in [0.717, 1.165) is 40.2 Å². The zero-order valence-corrected chi connectivity index (χ0v) is 14.4. The zero-order chi connectivity index (χ0) is 17.4. The summed E-state index contributed by atoms with van der Waals surface area (Å²) >= 11 is 0. The summed E-state index contributed by atoms with van der Waals surface area (Å²) in [5.41, 5.74) is 5.84. The van der Waals surface area contributed by atoms with Crippen molar-refractivity contribution in [2.45, 2.75) is 26.3 Å². The minimum absolute atomic E-state index is 0.136. The number of carbonyl (C=O) groups excluding carboxylic acids is 1. The lowest BCUT2D eigenvalue weighted by Crippen LogP contribution is -2.31. The second kappa shape index (κ2) is 6.16. The van der Waals surface area contributed by atoms with Crippen molar-refractivity contribution >= 4 is 11.6 Å². The van der Waals surface area contributed by atoms with E-state index in [-0.39, 0.29) is 5.91 Å². The van der Waals surface area contributed by atoms with E-state index in [0.29, 0.717) is 13.0 Å². The van der Waals surface area contributed by atoms with Crippen LogP contribution in [0, 0.1) is 0 Å². The second-order valence-corrected chi connectivity index (χ2v) is 6.31. The lowest BCUT2D eigenvalue weighted by atomic mass is 9.95. The molecule has 1 aliphatic heterocycles. The molecule has 0 aliphatic carbocycles. The summed E-state index contributed by atoms with van der Waals surface area (Å²) in [6, 6.07) is 16.1. The number of fused-ring (bicyclic) bond motifs is 5. The standard InChI is InChI=1S/C20H20N4O/c1-3-8-18(25)24-13-14-9-4-5-10-15(14)20-19(21-22-23(20)2)16-11-6-7-12-17(16)24/h4-7,9-12H,3,8,13H2,1-2H3. The van der Waals surface area contributed by atoms with Crippen molar-refractivity contribution < 1.29 is 4.79 Å². The minimum atomic E-state index is 0.136. The van der Waals surface area contributed by atoms with Gasteiger partial charge in [0.25, 0.3) is 0 Å². The van der Waals surface area contributed by atoms with Gasteiger partial charge in [0.1, 0.15) is 5.69 Å². The summed E-state index contributed by atoms with van der Waals surface area (Å²) in [6.07, 6.45) is 1.36. The zero-order valence-electron chi connectivity index (χ0n) is 14.4. The predicted molar refractivity (Wildman–Crippen MR) is 98.0 cm³/mol. The van der Waals surface area contributed by atoms with Gasteiger partial charge in [-0.15, -0.1) is 5.10 Å². The molecule has 0 saturated heterocycles. The van der Waals surface area contributed by atoms with E-state index in [2.05, 4.69) is 22.4 Å². The van der Waals surface area contributed by atoms with Gasteiger partial charge in [-0.3, -0.25) is 4.79 Å². The van der Waals surface area contributed by atoms with Crippen LogP contribution in [-0.2, 0) is 18.4 Å². The van der Waals surface area contributed by atoms with E-state index in [1.807, 2.05) is 60.0 Å². The van der Waals surface area contributed by atoms with E-state index < -0.39 is 0 Å². The molecule has 126 valence electrons. The summed E-state index contributed by atoms with van der Waals surface area (Å²) in [7, 11) is 1.91. The van der Waals surface area contributed by atoms with Gasteiger partial charge in [0.2, 0.25) is 5.91 Å². The molecule has 0 radical (unpaired) electrons. The fourth-order valence-corrected chi connectivity index (χ4v) is 3.47. The van der Waals surface area contributed by atoms with Gasteiger partial charge in [0.05, 0.1) is 17.9 Å². The Bertz CT molecular complexity index is 944. The molecule has 0 bridgehead atoms. The molecule has 25 heavy (non-hydrogen) atoms. The highest BCUT2D eigenvalue weighted by molar-refractivity contribution is 6.00. The number of hydrogen-bond acceptors (Lipinski definition) is 3. The highest BCUT2D eigenvalue weighted by Gasteiger charge is 2.27. The van der Waals surface area contributed by atoms with Crippen LogP contribution in [0.15, 0.2) is 48.5 Å². The van der Waals surface area contributed by atoms with Crippen molar-refractivity contribution in [3.05, 3.63) is 54.1 Å². The monoisotopic (exact) mass is 332 g/mol. The lowest BCUT2D eigenvalue weighted by Gasteiger charge is -2.28. The van der Waals surface area contributed by atoms with Crippen LogP contribution in [0.1, 0.15) is 25.3 Å². The quantitative estimate of drug-likeness (QED) is 0.717. The van der Waals surface area contributed by atoms with Gasteiger partial charge in [0.15, 0.2) is 0 Å². The molecular weight excluding hydrogens is 312 g/mol. The average Bonchev–Trinajstić information content (AvgIpc) is 2.99. The van der Waals surface area contributed by atoms with Crippen LogP contribution >= 0.6 is 0 Å². The van der Waals surface area contributed by atoms with Crippen molar-refractivity contribution in [3.8, 4) is 22.5 Å². The third-order valence-corrected chi connectivity index (χ3v) is 4.64. The number of nitrogens with zero attached hydrogens (tertiary/aromatic N) is 4. The molecule has 0 unspecified atom stereocenters. The fourth-order valence-electron chi connectivity index (χ4n) is 3.47. The van der Waals surface area contributed by atoms with Gasteiger partial charge < -0.3 is 4.90 Å². The van der Waals surface area contributed by atoms with E-state index in [4.69, 9.17) is 0 Å². The number of hydrogen-bond donors (Lipinski definition) is 0. The Balaban J connectivity index is 2.02. The molecule has 0 N–H and O–H groups in total. The Labute approximate surface area is 146 Å². The molecule has 0 spiro atoms. The summed E-state index contributed by atoms with van der Waals surface area (Å²) in [4.78, 5) is 14.7. The third kappa shape index (κ3) is 2.52. The first-order chi connectivity index (χ1) is 12.2. The molecule has 1 amide bonds. The number of rotatable bonds is 2. The Morgan fingerprint density at radius 3 is 2.60 bits per heavy atom. The molecule has 0 fully saturated rings. The number of amides is 1. The van der Waals surface area contributed by atoms with Gasteiger partial charge in [-0.2, -0.15) is 0 Å². The number of anilines is 1. The number of para-hydroxylation sites is 1. The molecule has 0 saturated carbocycles. The fraction of sp³-hybridized carbons (Fsp3) is 0.250. The van der Waals surface area contributed by atoms with E-state index in [1.54, 1.807) is 0 Å². The van der Waals surface area contributed by atoms with Crippen LogP contribution in [0.5, 0.6) is 0 Å². The van der Waals surface area contributed by atoms with Crippen molar-refractivity contribution in [2.75, 3.05) is 4.90 Å². The maximum atomic E-state index is 12.8. The van der Waals surface area contributed by atoms with Crippen molar-refractivity contribution in [1.82, 2.24) is 15.0 Å². The van der Waals surface area contributed by atoms with Gasteiger partial charge in [0, 0.05) is 24.6 Å². The molecule has 1 aromatic heterocycles. The van der Waals surface area contributed by atoms with Gasteiger partial charge in [-0.05, 0) is 18.1 Å². The smallest absolute Gasteiger partial charge is 0.227 e. The highest BCUT2D eigenvalue weighted by Crippen LogP contribution is 2.40. The number of aromatic nitrogens is 3. The Hall–Kier alpha value is -2.95. The molecular formula is C20H20N4O. The topological polar surface area (TPSA) is 51.0 Å². The summed E-state index contributed by atoms with van der Waals surface area (Å²) in [6.45, 7) is 2.58. The largest absolute Gasteiger partial charge is 0.307 e. The van der Waals surface area contributed by atoms with E-state index in [1.165, 1.54) is 0 Å². The molecule has 2 aromatic carbocycles. The first-order valence-corrected chi connectivity index (χ1v) is 8.58.